The lowest BCUT2D eigenvalue weighted by molar-refractivity contribution is -0.132. The van der Waals surface area contributed by atoms with Crippen LogP contribution in [0.4, 0.5) is 9.18 Å². The zero-order valence-electron chi connectivity index (χ0n) is 20.6. The summed E-state index contributed by atoms with van der Waals surface area (Å²) in [4.78, 5) is 45.2. The van der Waals surface area contributed by atoms with Gasteiger partial charge in [0.1, 0.15) is 5.82 Å². The number of benzene rings is 1. The third-order valence-corrected chi connectivity index (χ3v) is 7.13. The van der Waals surface area contributed by atoms with E-state index in [4.69, 9.17) is 4.74 Å². The molecule has 1 aliphatic heterocycles. The van der Waals surface area contributed by atoms with E-state index in [0.717, 1.165) is 24.2 Å². The summed E-state index contributed by atoms with van der Waals surface area (Å²) in [6, 6.07) is 6.14. The lowest BCUT2D eigenvalue weighted by atomic mass is 10.1. The normalized spacial score (nSPS) is 13.7. The van der Waals surface area contributed by atoms with E-state index in [-0.39, 0.29) is 23.4 Å². The Morgan fingerprint density at radius 1 is 1.09 bits per heavy atom. The van der Waals surface area contributed by atoms with Crippen LogP contribution in [0.3, 0.4) is 0 Å². The second kappa shape index (κ2) is 12.7. The fraction of sp³-hybridized carbons (Fsp3) is 0.520. The van der Waals surface area contributed by atoms with Crippen LogP contribution in [0.25, 0.3) is 0 Å². The maximum atomic E-state index is 13.2. The second-order valence-electron chi connectivity index (χ2n) is 8.50. The second-order valence-corrected chi connectivity index (χ2v) is 9.56. The van der Waals surface area contributed by atoms with Gasteiger partial charge in [0.2, 0.25) is 5.91 Å². The summed E-state index contributed by atoms with van der Waals surface area (Å²) in [5.74, 6) is 0.549. The average Bonchev–Trinajstić information content (AvgIpc) is 2.85. The van der Waals surface area contributed by atoms with Crippen LogP contribution in [0.15, 0.2) is 34.2 Å². The minimum absolute atomic E-state index is 0.0959. The van der Waals surface area contributed by atoms with Crippen molar-refractivity contribution < 1.29 is 18.7 Å². The number of hydrogen-bond acceptors (Lipinski definition) is 6. The summed E-state index contributed by atoms with van der Waals surface area (Å²) >= 11 is 1.51. The molecular weight excluding hydrogens is 471 g/mol. The zero-order valence-corrected chi connectivity index (χ0v) is 21.4. The number of rotatable bonds is 9. The van der Waals surface area contributed by atoms with E-state index in [0.29, 0.717) is 62.0 Å². The van der Waals surface area contributed by atoms with Crippen LogP contribution in [0, 0.1) is 12.7 Å². The van der Waals surface area contributed by atoms with Gasteiger partial charge in [0.05, 0.1) is 6.61 Å². The molecule has 2 aromatic rings. The Balaban J connectivity index is 1.43. The Morgan fingerprint density at radius 3 is 2.40 bits per heavy atom. The molecule has 1 saturated heterocycles. The Morgan fingerprint density at radius 2 is 1.74 bits per heavy atom. The smallest absolute Gasteiger partial charge is 0.409 e. The highest BCUT2D eigenvalue weighted by Crippen LogP contribution is 2.19. The van der Waals surface area contributed by atoms with Gasteiger partial charge in [-0.1, -0.05) is 23.9 Å². The van der Waals surface area contributed by atoms with Gasteiger partial charge >= 0.3 is 6.09 Å². The minimum Gasteiger partial charge on any atom is -0.450 e. The summed E-state index contributed by atoms with van der Waals surface area (Å²) < 4.78 is 19.7. The standard InChI is InChI=1S/C25H33FN4O4S/c1-4-34-25(33)30-14-12-29(13-15-30)22(31)7-5-6-16-35-24-27-18(2)21(23(32)28(24)3)17-19-8-10-20(26)11-9-19/h8-11H,4-7,12-17H2,1-3H3. The lowest BCUT2D eigenvalue weighted by Gasteiger charge is -2.34. The molecule has 3 rings (SSSR count). The fourth-order valence-electron chi connectivity index (χ4n) is 3.92. The van der Waals surface area contributed by atoms with Crippen LogP contribution in [0.2, 0.25) is 0 Å². The molecule has 1 aromatic carbocycles. The average molecular weight is 505 g/mol. The number of halogens is 1. The summed E-state index contributed by atoms with van der Waals surface area (Å²) in [5, 5.41) is 0.650. The van der Waals surface area contributed by atoms with Gasteiger partial charge in [0, 0.05) is 63.1 Å². The van der Waals surface area contributed by atoms with Crippen molar-refractivity contribution in [3.8, 4) is 0 Å². The molecule has 190 valence electrons. The molecule has 0 spiro atoms. The Bertz CT molecular complexity index is 1080. The molecule has 1 fully saturated rings. The number of aryl methyl sites for hydroxylation is 1. The number of nitrogens with zero attached hydrogens (tertiary/aromatic N) is 4. The number of aromatic nitrogens is 2. The van der Waals surface area contributed by atoms with Crippen LogP contribution in [-0.2, 0) is 23.0 Å². The number of carbonyl (C=O) groups is 2. The topological polar surface area (TPSA) is 84.7 Å². The SMILES string of the molecule is CCOC(=O)N1CCN(C(=O)CCCCSc2nc(C)c(Cc3ccc(F)cc3)c(=O)n2C)CC1. The highest BCUT2D eigenvalue weighted by atomic mass is 32.2. The first kappa shape index (κ1) is 26.7. The summed E-state index contributed by atoms with van der Waals surface area (Å²) in [6.45, 7) is 6.00. The van der Waals surface area contributed by atoms with Crippen LogP contribution < -0.4 is 5.56 Å². The van der Waals surface area contributed by atoms with Gasteiger partial charge in [-0.2, -0.15) is 0 Å². The monoisotopic (exact) mass is 504 g/mol. The van der Waals surface area contributed by atoms with Gasteiger partial charge in [-0.15, -0.1) is 0 Å². The molecule has 0 N–H and O–H groups in total. The highest BCUT2D eigenvalue weighted by Gasteiger charge is 2.24. The molecule has 2 heterocycles. The van der Waals surface area contributed by atoms with E-state index >= 15 is 0 Å². The molecule has 1 aromatic heterocycles. The van der Waals surface area contributed by atoms with E-state index in [2.05, 4.69) is 4.98 Å². The molecule has 0 bridgehead atoms. The van der Waals surface area contributed by atoms with Crippen molar-refractivity contribution in [1.29, 1.82) is 0 Å². The number of hydrogen-bond donors (Lipinski definition) is 0. The maximum absolute atomic E-state index is 13.2. The fourth-order valence-corrected chi connectivity index (χ4v) is 4.93. The molecule has 8 nitrogen and oxygen atoms in total. The number of piperazine rings is 1. The highest BCUT2D eigenvalue weighted by molar-refractivity contribution is 7.99. The molecule has 2 amide bonds. The first-order valence-electron chi connectivity index (χ1n) is 11.9. The van der Waals surface area contributed by atoms with Crippen molar-refractivity contribution in [2.75, 3.05) is 38.5 Å². The first-order valence-corrected chi connectivity index (χ1v) is 12.9. The largest absolute Gasteiger partial charge is 0.450 e. The van der Waals surface area contributed by atoms with Crippen LogP contribution in [-0.4, -0.2) is 69.9 Å². The molecule has 0 radical (unpaired) electrons. The molecule has 0 unspecified atom stereocenters. The summed E-state index contributed by atoms with van der Waals surface area (Å²) in [6.07, 6.45) is 2.12. The molecule has 0 saturated carbocycles. The van der Waals surface area contributed by atoms with Crippen molar-refractivity contribution in [2.24, 2.45) is 7.05 Å². The maximum Gasteiger partial charge on any atom is 0.409 e. The summed E-state index contributed by atoms with van der Waals surface area (Å²) in [7, 11) is 1.71. The van der Waals surface area contributed by atoms with Crippen molar-refractivity contribution in [3.05, 3.63) is 57.3 Å². The van der Waals surface area contributed by atoms with Crippen molar-refractivity contribution in [1.82, 2.24) is 19.4 Å². The van der Waals surface area contributed by atoms with E-state index < -0.39 is 0 Å². The third-order valence-electron chi connectivity index (χ3n) is 6.02. The van der Waals surface area contributed by atoms with Crippen LogP contribution >= 0.6 is 11.8 Å². The van der Waals surface area contributed by atoms with Gasteiger partial charge in [0.15, 0.2) is 5.16 Å². The molecule has 1 aliphatic rings. The molecule has 0 atom stereocenters. The van der Waals surface area contributed by atoms with Crippen molar-refractivity contribution in [3.63, 3.8) is 0 Å². The predicted octanol–water partition coefficient (Wildman–Crippen LogP) is 3.38. The van der Waals surface area contributed by atoms with E-state index in [1.165, 1.54) is 23.9 Å². The van der Waals surface area contributed by atoms with Gasteiger partial charge in [-0.25, -0.2) is 14.2 Å². The van der Waals surface area contributed by atoms with Gasteiger partial charge in [-0.05, 0) is 44.4 Å². The zero-order chi connectivity index (χ0) is 25.4. The Kier molecular flexibility index (Phi) is 9.71. The van der Waals surface area contributed by atoms with Crippen molar-refractivity contribution >= 4 is 23.8 Å². The van der Waals surface area contributed by atoms with Crippen LogP contribution in [0.1, 0.15) is 43.0 Å². The van der Waals surface area contributed by atoms with Gasteiger partial charge in [-0.3, -0.25) is 14.2 Å². The molecular formula is C25H33FN4O4S. The first-order chi connectivity index (χ1) is 16.8. The van der Waals surface area contributed by atoms with Gasteiger partial charge in [0.25, 0.3) is 5.56 Å². The van der Waals surface area contributed by atoms with Crippen molar-refractivity contribution in [2.45, 2.75) is 44.7 Å². The lowest BCUT2D eigenvalue weighted by Crippen LogP contribution is -2.50. The van der Waals surface area contributed by atoms with Gasteiger partial charge < -0.3 is 14.5 Å². The quantitative estimate of drug-likeness (QED) is 0.296. The molecule has 0 aliphatic carbocycles. The number of unbranched alkanes of at least 4 members (excludes halogenated alkanes) is 1. The molecule has 10 heteroatoms. The van der Waals surface area contributed by atoms with E-state index in [9.17, 15) is 18.8 Å². The molecule has 35 heavy (non-hydrogen) atoms. The predicted molar refractivity (Wildman–Crippen MR) is 133 cm³/mol. The van der Waals surface area contributed by atoms with E-state index in [1.807, 2.05) is 6.92 Å². The Hall–Kier alpha value is -2.88. The summed E-state index contributed by atoms with van der Waals surface area (Å²) in [5.41, 5.74) is 2.05. The number of thioether (sulfide) groups is 1. The van der Waals surface area contributed by atoms with E-state index in [1.54, 1.807) is 40.5 Å². The minimum atomic E-state index is -0.321. The number of amides is 2. The van der Waals surface area contributed by atoms with Crippen LogP contribution in [0.5, 0.6) is 0 Å². The third kappa shape index (κ3) is 7.30. The number of carbonyl (C=O) groups excluding carboxylic acids is 2. The Labute approximate surface area is 209 Å². The number of ether oxygens (including phenoxy) is 1.